The topological polar surface area (TPSA) is 62.1 Å². The summed E-state index contributed by atoms with van der Waals surface area (Å²) in [5, 5.41) is 10.5. The molecule has 11 unspecified atom stereocenters. The second-order valence-corrected chi connectivity index (χ2v) is 10.4. The van der Waals surface area contributed by atoms with Crippen LogP contribution in [0.25, 0.3) is 0 Å². The third kappa shape index (κ3) is 4.85. The number of rotatable bonds is 3. The molecule has 0 spiro atoms. The average Bonchev–Trinajstić information content (AvgIpc) is 2.57. The Labute approximate surface area is 173 Å². The number of nitrogens with two attached hydrogens (primary N) is 1. The highest BCUT2D eigenvalue weighted by molar-refractivity contribution is 9.09. The smallest absolute Gasteiger partial charge is 0.328 e. The zero-order chi connectivity index (χ0) is 20.8. The summed E-state index contributed by atoms with van der Waals surface area (Å²) in [6.07, 6.45) is -4.52. The molecule has 1 aliphatic heterocycles. The fraction of sp³-hybridized carbons (Fsp3) is 1.00. The molecule has 0 aromatic carbocycles. The third-order valence-electron chi connectivity index (χ3n) is 7.01. The minimum atomic E-state index is -4.55. The standard InChI is InChI=1S/C19H33BrF4N4/c1-8-4-16-13(7-15(8)20)18(28-10(3)27-16)26-9(2)12-5-11(25)6-14(17(12)21)19(22,23)24/h8-18,26-28H,4-7,25H2,1-3H3. The third-order valence-corrected chi connectivity index (χ3v) is 8.29. The van der Waals surface area contributed by atoms with Crippen LogP contribution in [0.3, 0.4) is 0 Å². The fourth-order valence-electron chi connectivity index (χ4n) is 5.40. The summed E-state index contributed by atoms with van der Waals surface area (Å²) in [6, 6.07) is -0.687. The second-order valence-electron chi connectivity index (χ2n) is 9.21. The SMILES string of the molecule is CC1NC2CC(C)C(Br)CC2C(NC(C)C2CC(N)CC(C(F)(F)F)C2F)N1. The first-order valence-electron chi connectivity index (χ1n) is 10.4. The highest BCUT2D eigenvalue weighted by Gasteiger charge is 2.52. The van der Waals surface area contributed by atoms with Crippen molar-refractivity contribution >= 4 is 15.9 Å². The van der Waals surface area contributed by atoms with Gasteiger partial charge in [0.2, 0.25) is 0 Å². The van der Waals surface area contributed by atoms with Crippen LogP contribution in [0.2, 0.25) is 0 Å². The Hall–Kier alpha value is 0.0400. The van der Waals surface area contributed by atoms with Crippen molar-refractivity contribution in [2.24, 2.45) is 29.4 Å². The summed E-state index contributed by atoms with van der Waals surface area (Å²) >= 11 is 3.76. The van der Waals surface area contributed by atoms with Gasteiger partial charge in [-0.05, 0) is 45.4 Å². The minimum absolute atomic E-state index is 0.0708. The molecular formula is C19H33BrF4N4. The van der Waals surface area contributed by atoms with Crippen LogP contribution in [0.5, 0.6) is 0 Å². The maximum absolute atomic E-state index is 14.9. The molecule has 0 aromatic heterocycles. The summed E-state index contributed by atoms with van der Waals surface area (Å²) in [6.45, 7) is 6.06. The van der Waals surface area contributed by atoms with Crippen molar-refractivity contribution in [1.82, 2.24) is 16.0 Å². The molecule has 3 aliphatic rings. The van der Waals surface area contributed by atoms with Gasteiger partial charge in [0.25, 0.3) is 0 Å². The number of alkyl halides is 5. The Morgan fingerprint density at radius 2 is 1.79 bits per heavy atom. The molecule has 0 amide bonds. The fourth-order valence-corrected chi connectivity index (χ4v) is 6.05. The van der Waals surface area contributed by atoms with Crippen molar-refractivity contribution in [1.29, 1.82) is 0 Å². The van der Waals surface area contributed by atoms with Crippen LogP contribution in [0.1, 0.15) is 46.5 Å². The van der Waals surface area contributed by atoms with Crippen LogP contribution in [-0.2, 0) is 0 Å². The predicted octanol–water partition coefficient (Wildman–Crippen LogP) is 3.26. The first-order valence-corrected chi connectivity index (χ1v) is 11.3. The summed E-state index contributed by atoms with van der Waals surface area (Å²) in [4.78, 5) is 0.400. The van der Waals surface area contributed by atoms with Crippen molar-refractivity contribution in [3.8, 4) is 0 Å². The lowest BCUT2D eigenvalue weighted by atomic mass is 9.73. The normalized spacial score (nSPS) is 48.8. The maximum Gasteiger partial charge on any atom is 0.394 e. The maximum atomic E-state index is 14.9. The molecule has 3 fully saturated rings. The van der Waals surface area contributed by atoms with Gasteiger partial charge in [-0.15, -0.1) is 0 Å². The number of nitrogens with one attached hydrogen (secondary N) is 3. The molecule has 5 N–H and O–H groups in total. The van der Waals surface area contributed by atoms with Gasteiger partial charge in [0.15, 0.2) is 0 Å². The molecule has 3 rings (SSSR count). The zero-order valence-corrected chi connectivity index (χ0v) is 18.2. The van der Waals surface area contributed by atoms with Crippen LogP contribution in [-0.4, -0.2) is 47.6 Å². The van der Waals surface area contributed by atoms with Crippen LogP contribution in [0.15, 0.2) is 0 Å². The van der Waals surface area contributed by atoms with E-state index in [0.29, 0.717) is 16.8 Å². The lowest BCUT2D eigenvalue weighted by Gasteiger charge is -2.50. The highest BCUT2D eigenvalue weighted by Crippen LogP contribution is 2.43. The summed E-state index contributed by atoms with van der Waals surface area (Å²) in [7, 11) is 0. The van der Waals surface area contributed by atoms with Crippen LogP contribution in [0.4, 0.5) is 17.6 Å². The van der Waals surface area contributed by atoms with E-state index in [4.69, 9.17) is 5.73 Å². The van der Waals surface area contributed by atoms with Gasteiger partial charge in [-0.1, -0.05) is 22.9 Å². The predicted molar refractivity (Wildman–Crippen MR) is 106 cm³/mol. The number of halogens is 5. The highest BCUT2D eigenvalue weighted by atomic mass is 79.9. The number of fused-ring (bicyclic) bond motifs is 1. The summed E-state index contributed by atoms with van der Waals surface area (Å²) < 4.78 is 54.7. The molecule has 0 aromatic rings. The molecule has 1 heterocycles. The van der Waals surface area contributed by atoms with E-state index >= 15 is 0 Å². The Morgan fingerprint density at radius 1 is 1.11 bits per heavy atom. The Balaban J connectivity index is 1.70. The van der Waals surface area contributed by atoms with E-state index in [9.17, 15) is 17.6 Å². The van der Waals surface area contributed by atoms with Crippen molar-refractivity contribution in [3.63, 3.8) is 0 Å². The first kappa shape index (κ1) is 22.7. The van der Waals surface area contributed by atoms with E-state index in [-0.39, 0.29) is 31.1 Å². The summed E-state index contributed by atoms with van der Waals surface area (Å²) in [5.74, 6) is -1.88. The Morgan fingerprint density at radius 3 is 2.43 bits per heavy atom. The molecule has 4 nitrogen and oxygen atoms in total. The van der Waals surface area contributed by atoms with Gasteiger partial charge in [-0.3, -0.25) is 16.0 Å². The van der Waals surface area contributed by atoms with Crippen molar-refractivity contribution < 1.29 is 17.6 Å². The van der Waals surface area contributed by atoms with E-state index in [1.807, 2.05) is 6.92 Å². The zero-order valence-electron chi connectivity index (χ0n) is 16.6. The van der Waals surface area contributed by atoms with Crippen molar-refractivity contribution in [3.05, 3.63) is 0 Å². The van der Waals surface area contributed by atoms with Gasteiger partial charge >= 0.3 is 6.18 Å². The van der Waals surface area contributed by atoms with Crippen molar-refractivity contribution in [2.45, 2.75) is 94.1 Å². The van der Waals surface area contributed by atoms with E-state index in [1.54, 1.807) is 6.92 Å². The molecule has 2 aliphatic carbocycles. The molecule has 0 radical (unpaired) electrons. The molecule has 9 heteroatoms. The molecular weight excluding hydrogens is 440 g/mol. The van der Waals surface area contributed by atoms with Crippen LogP contribution >= 0.6 is 15.9 Å². The van der Waals surface area contributed by atoms with E-state index in [2.05, 4.69) is 38.8 Å². The second kappa shape index (κ2) is 8.65. The van der Waals surface area contributed by atoms with Crippen molar-refractivity contribution in [2.75, 3.05) is 0 Å². The lowest BCUT2D eigenvalue weighted by molar-refractivity contribution is -0.207. The van der Waals surface area contributed by atoms with Gasteiger partial charge in [-0.2, -0.15) is 13.2 Å². The first-order chi connectivity index (χ1) is 13.0. The quantitative estimate of drug-likeness (QED) is 0.376. The van der Waals surface area contributed by atoms with Gasteiger partial charge in [0, 0.05) is 34.8 Å². The number of hydrogen-bond donors (Lipinski definition) is 4. The average molecular weight is 473 g/mol. The van der Waals surface area contributed by atoms with Gasteiger partial charge in [0.05, 0.1) is 18.2 Å². The molecule has 2 saturated carbocycles. The Bertz CT molecular complexity index is 537. The molecule has 1 saturated heterocycles. The molecule has 11 atom stereocenters. The Kier molecular flexibility index (Phi) is 7.02. The monoisotopic (exact) mass is 472 g/mol. The van der Waals surface area contributed by atoms with E-state index < -0.39 is 36.3 Å². The van der Waals surface area contributed by atoms with E-state index in [0.717, 1.165) is 12.8 Å². The van der Waals surface area contributed by atoms with Gasteiger partial charge < -0.3 is 5.73 Å². The molecule has 0 bridgehead atoms. The largest absolute Gasteiger partial charge is 0.394 e. The minimum Gasteiger partial charge on any atom is -0.328 e. The molecule has 164 valence electrons. The lowest BCUT2D eigenvalue weighted by Crippen LogP contribution is -2.70. The van der Waals surface area contributed by atoms with Crippen LogP contribution in [0, 0.1) is 23.7 Å². The van der Waals surface area contributed by atoms with E-state index in [1.165, 1.54) is 0 Å². The van der Waals surface area contributed by atoms with Gasteiger partial charge in [0.1, 0.15) is 6.17 Å². The van der Waals surface area contributed by atoms with Crippen LogP contribution < -0.4 is 21.7 Å². The summed E-state index contributed by atoms with van der Waals surface area (Å²) in [5.41, 5.74) is 5.88. The number of hydrogen-bond acceptors (Lipinski definition) is 4. The van der Waals surface area contributed by atoms with Gasteiger partial charge in [-0.25, -0.2) is 4.39 Å². The molecule has 28 heavy (non-hydrogen) atoms.